The highest BCUT2D eigenvalue weighted by molar-refractivity contribution is 6.11. The van der Waals surface area contributed by atoms with Crippen molar-refractivity contribution in [2.75, 3.05) is 13.7 Å². The summed E-state index contributed by atoms with van der Waals surface area (Å²) in [6.07, 6.45) is 2.49. The predicted molar refractivity (Wildman–Crippen MR) is 128 cm³/mol. The highest BCUT2D eigenvalue weighted by Crippen LogP contribution is 2.42. The summed E-state index contributed by atoms with van der Waals surface area (Å²) in [5.74, 6) is -3.59. The van der Waals surface area contributed by atoms with Gasteiger partial charge in [0, 0.05) is 31.7 Å². The van der Waals surface area contributed by atoms with Crippen molar-refractivity contribution in [2.45, 2.75) is 20.8 Å². The summed E-state index contributed by atoms with van der Waals surface area (Å²) in [6.45, 7) is 2.81. The molecule has 11 nitrogen and oxygen atoms in total. The van der Waals surface area contributed by atoms with Crippen molar-refractivity contribution >= 4 is 46.7 Å². The lowest BCUT2D eigenvalue weighted by molar-refractivity contribution is -0.134. The summed E-state index contributed by atoms with van der Waals surface area (Å²) >= 11 is 0. The Labute approximate surface area is 210 Å². The first-order valence-corrected chi connectivity index (χ1v) is 10.7. The summed E-state index contributed by atoms with van der Waals surface area (Å²) in [5.41, 5.74) is 0.567. The molecule has 0 aliphatic rings. The van der Waals surface area contributed by atoms with E-state index in [0.717, 1.165) is 20.1 Å². The van der Waals surface area contributed by atoms with Gasteiger partial charge in [-0.25, -0.2) is 4.79 Å². The number of aliphatic hydroxyl groups excluding tert-OH is 1. The lowest BCUT2D eigenvalue weighted by Crippen LogP contribution is -2.07. The van der Waals surface area contributed by atoms with Gasteiger partial charge in [-0.15, -0.1) is 0 Å². The Balaban J connectivity index is 2.32. The van der Waals surface area contributed by atoms with Crippen molar-refractivity contribution in [3.05, 3.63) is 47.5 Å². The maximum absolute atomic E-state index is 12.9. The zero-order chi connectivity index (χ0) is 27.3. The number of ketones is 1. The molecule has 1 aromatic heterocycles. The number of hydrogen-bond acceptors (Lipinski definition) is 11. The van der Waals surface area contributed by atoms with E-state index >= 15 is 0 Å². The molecule has 0 amide bonds. The van der Waals surface area contributed by atoms with Gasteiger partial charge in [0.15, 0.2) is 28.6 Å². The Morgan fingerprint density at radius 3 is 2.08 bits per heavy atom. The third-order valence-electron chi connectivity index (χ3n) is 4.75. The SMILES string of the molecule is COC(=O)c1c(-c2ccc(OC(C)=O)c(OC(C)=O)c2)oc2c(OC(C)=O)cc(/C=C/C(=O)CO)cc12. The van der Waals surface area contributed by atoms with E-state index in [0.29, 0.717) is 5.56 Å². The topological polar surface area (TPSA) is 156 Å². The van der Waals surface area contributed by atoms with Crippen LogP contribution >= 0.6 is 0 Å². The second kappa shape index (κ2) is 11.3. The molecule has 192 valence electrons. The van der Waals surface area contributed by atoms with Gasteiger partial charge in [-0.2, -0.15) is 0 Å². The van der Waals surface area contributed by atoms with Gasteiger partial charge in [0.25, 0.3) is 0 Å². The number of carbonyl (C=O) groups is 5. The van der Waals surface area contributed by atoms with Crippen molar-refractivity contribution in [1.29, 1.82) is 0 Å². The van der Waals surface area contributed by atoms with Crippen LogP contribution in [0.2, 0.25) is 0 Å². The van der Waals surface area contributed by atoms with Crippen LogP contribution in [0.1, 0.15) is 36.7 Å². The van der Waals surface area contributed by atoms with Gasteiger partial charge in [-0.1, -0.05) is 6.08 Å². The number of furan rings is 1. The summed E-state index contributed by atoms with van der Waals surface area (Å²) in [4.78, 5) is 59.2. The van der Waals surface area contributed by atoms with Gasteiger partial charge in [-0.3, -0.25) is 19.2 Å². The fraction of sp³-hybridized carbons (Fsp3) is 0.192. The molecule has 2 aromatic carbocycles. The first-order valence-electron chi connectivity index (χ1n) is 10.7. The Hall–Kier alpha value is -4.77. The minimum atomic E-state index is -0.798. The van der Waals surface area contributed by atoms with Gasteiger partial charge in [0.05, 0.1) is 7.11 Å². The zero-order valence-electron chi connectivity index (χ0n) is 20.3. The normalized spacial score (nSPS) is 10.8. The van der Waals surface area contributed by atoms with Gasteiger partial charge < -0.3 is 28.5 Å². The average Bonchev–Trinajstić information content (AvgIpc) is 3.22. The van der Waals surface area contributed by atoms with Crippen LogP contribution in [0.15, 0.2) is 40.8 Å². The molecule has 1 N–H and O–H groups in total. The largest absolute Gasteiger partial charge is 0.465 e. The number of aliphatic hydroxyl groups is 1. The molecule has 0 radical (unpaired) electrons. The van der Waals surface area contributed by atoms with Crippen LogP contribution in [0, 0.1) is 0 Å². The Morgan fingerprint density at radius 2 is 1.49 bits per heavy atom. The molecule has 0 saturated heterocycles. The number of benzene rings is 2. The van der Waals surface area contributed by atoms with E-state index in [1.807, 2.05) is 0 Å². The Bertz CT molecular complexity index is 1440. The van der Waals surface area contributed by atoms with Crippen molar-refractivity contribution in [3.8, 4) is 28.6 Å². The Kier molecular flexibility index (Phi) is 8.20. The molecule has 0 aliphatic carbocycles. The predicted octanol–water partition coefficient (Wildman–Crippen LogP) is 3.24. The summed E-state index contributed by atoms with van der Waals surface area (Å²) < 4.78 is 26.4. The number of methoxy groups -OCH3 is 1. The first kappa shape index (κ1) is 26.8. The highest BCUT2D eigenvalue weighted by Gasteiger charge is 2.27. The fourth-order valence-corrected chi connectivity index (χ4v) is 3.39. The number of rotatable bonds is 8. The van der Waals surface area contributed by atoms with Crippen molar-refractivity contribution in [3.63, 3.8) is 0 Å². The standard InChI is InChI=1S/C26H22O11/c1-13(28)34-20-8-6-17(11-21(20)35-14(2)29)24-23(26(32)33-4)19-9-16(5-7-18(31)12-27)10-22(25(19)37-24)36-15(3)30/h5-11,27H,12H2,1-4H3/b7-5+. The van der Waals surface area contributed by atoms with E-state index in [1.165, 1.54) is 50.3 Å². The highest BCUT2D eigenvalue weighted by atomic mass is 16.6. The quantitative estimate of drug-likeness (QED) is 0.270. The van der Waals surface area contributed by atoms with Crippen LogP contribution in [0.4, 0.5) is 0 Å². The maximum Gasteiger partial charge on any atom is 0.342 e. The molecule has 0 atom stereocenters. The number of hydrogen-bond donors (Lipinski definition) is 1. The summed E-state index contributed by atoms with van der Waals surface area (Å²) in [6, 6.07) is 7.05. The van der Waals surface area contributed by atoms with Crippen LogP contribution in [-0.4, -0.2) is 48.5 Å². The molecular formula is C26H22O11. The summed E-state index contributed by atoms with van der Waals surface area (Å²) in [7, 11) is 1.16. The van der Waals surface area contributed by atoms with Crippen LogP contribution in [0.3, 0.4) is 0 Å². The van der Waals surface area contributed by atoms with Crippen LogP contribution in [0.5, 0.6) is 17.2 Å². The molecule has 11 heteroatoms. The third-order valence-corrected chi connectivity index (χ3v) is 4.75. The molecule has 0 fully saturated rings. The minimum Gasteiger partial charge on any atom is -0.465 e. The summed E-state index contributed by atoms with van der Waals surface area (Å²) in [5, 5.41) is 9.17. The van der Waals surface area contributed by atoms with E-state index < -0.39 is 36.3 Å². The number of fused-ring (bicyclic) bond motifs is 1. The molecule has 37 heavy (non-hydrogen) atoms. The van der Waals surface area contributed by atoms with E-state index in [9.17, 15) is 24.0 Å². The maximum atomic E-state index is 12.9. The first-order chi connectivity index (χ1) is 17.5. The van der Waals surface area contributed by atoms with Gasteiger partial charge in [-0.05, 0) is 42.0 Å². The van der Waals surface area contributed by atoms with E-state index in [1.54, 1.807) is 0 Å². The molecule has 3 aromatic rings. The molecule has 0 bridgehead atoms. The van der Waals surface area contributed by atoms with E-state index in [-0.39, 0.29) is 45.1 Å². The van der Waals surface area contributed by atoms with Gasteiger partial charge >= 0.3 is 23.9 Å². The van der Waals surface area contributed by atoms with Crippen LogP contribution in [0.25, 0.3) is 28.4 Å². The van der Waals surface area contributed by atoms with Crippen molar-refractivity contribution < 1.29 is 52.4 Å². The number of carbonyl (C=O) groups excluding carboxylic acids is 5. The lowest BCUT2D eigenvalue weighted by atomic mass is 10.0. The van der Waals surface area contributed by atoms with Crippen LogP contribution < -0.4 is 14.2 Å². The van der Waals surface area contributed by atoms with Crippen molar-refractivity contribution in [1.82, 2.24) is 0 Å². The smallest absolute Gasteiger partial charge is 0.342 e. The Morgan fingerprint density at radius 1 is 0.865 bits per heavy atom. The second-order valence-electron chi connectivity index (χ2n) is 7.59. The molecule has 0 aliphatic heterocycles. The monoisotopic (exact) mass is 510 g/mol. The van der Waals surface area contributed by atoms with E-state index in [4.69, 9.17) is 28.5 Å². The van der Waals surface area contributed by atoms with E-state index in [2.05, 4.69) is 0 Å². The average molecular weight is 510 g/mol. The number of ether oxygens (including phenoxy) is 4. The molecule has 0 saturated carbocycles. The van der Waals surface area contributed by atoms with Crippen molar-refractivity contribution in [2.24, 2.45) is 0 Å². The third kappa shape index (κ3) is 6.27. The molecular weight excluding hydrogens is 488 g/mol. The fourth-order valence-electron chi connectivity index (χ4n) is 3.39. The molecule has 0 unspecified atom stereocenters. The lowest BCUT2D eigenvalue weighted by Gasteiger charge is -2.10. The zero-order valence-corrected chi connectivity index (χ0v) is 20.3. The van der Waals surface area contributed by atoms with Gasteiger partial charge in [0.2, 0.25) is 0 Å². The minimum absolute atomic E-state index is 0.0225. The van der Waals surface area contributed by atoms with Gasteiger partial charge in [0.1, 0.15) is 17.9 Å². The van der Waals surface area contributed by atoms with Crippen LogP contribution in [-0.2, 0) is 23.9 Å². The molecule has 1 heterocycles. The molecule has 3 rings (SSSR count). The second-order valence-corrected chi connectivity index (χ2v) is 7.59. The number of esters is 4. The molecule has 0 spiro atoms.